The molecule has 10 heteroatoms. The molecule has 0 aromatic heterocycles. The van der Waals surface area contributed by atoms with E-state index in [0.717, 1.165) is 12.5 Å². The molecule has 0 aliphatic heterocycles. The Hall–Kier alpha value is -3.30. The summed E-state index contributed by atoms with van der Waals surface area (Å²) < 4.78 is 62.2. The average molecular weight is 414 g/mol. The van der Waals surface area contributed by atoms with Gasteiger partial charge in [-0.25, -0.2) is 4.39 Å². The third kappa shape index (κ3) is 5.59. The molecule has 2 amide bonds. The molecule has 2 rings (SSSR count). The van der Waals surface area contributed by atoms with Crippen molar-refractivity contribution < 1.29 is 36.6 Å². The first kappa shape index (κ1) is 22.0. The third-order valence-electron chi connectivity index (χ3n) is 3.71. The van der Waals surface area contributed by atoms with Gasteiger partial charge >= 0.3 is 6.18 Å². The molecule has 2 aromatic rings. The number of nitrogens with one attached hydrogen (secondary N) is 2. The molecule has 0 radical (unpaired) electrons. The number of amides is 2. The molecular formula is C19H18F4N2O4. The van der Waals surface area contributed by atoms with Gasteiger partial charge in [0.25, 0.3) is 11.8 Å². The molecule has 6 nitrogen and oxygen atoms in total. The van der Waals surface area contributed by atoms with E-state index < -0.39 is 34.9 Å². The SMILES string of the molecule is CCCOc1ccc(C(=O)NNC(=O)c2ccc(F)c(C(F)(F)F)c2)cc1OC. The van der Waals surface area contributed by atoms with E-state index in [-0.39, 0.29) is 5.56 Å². The molecule has 0 fully saturated rings. The van der Waals surface area contributed by atoms with Crippen molar-refractivity contribution in [1.82, 2.24) is 10.9 Å². The first-order valence-electron chi connectivity index (χ1n) is 8.45. The molecule has 2 N–H and O–H groups in total. The Bertz CT molecular complexity index is 900. The molecule has 0 spiro atoms. The summed E-state index contributed by atoms with van der Waals surface area (Å²) in [6, 6.07) is 6.08. The number of rotatable bonds is 6. The fraction of sp³-hybridized carbons (Fsp3) is 0.263. The van der Waals surface area contributed by atoms with Crippen LogP contribution in [-0.2, 0) is 6.18 Å². The first-order chi connectivity index (χ1) is 13.7. The standard InChI is InChI=1S/C19H18F4N2O4/c1-3-8-29-15-7-5-12(10-16(15)28-2)18(27)25-24-17(26)11-4-6-14(20)13(9-11)19(21,22)23/h4-7,9-10H,3,8H2,1-2H3,(H,24,26)(H,25,27). The van der Waals surface area contributed by atoms with Crippen molar-refractivity contribution in [2.45, 2.75) is 19.5 Å². The Morgan fingerprint density at radius 3 is 2.10 bits per heavy atom. The second-order valence-corrected chi connectivity index (χ2v) is 5.81. The van der Waals surface area contributed by atoms with Crippen LogP contribution in [-0.4, -0.2) is 25.5 Å². The number of carbonyl (C=O) groups is 2. The lowest BCUT2D eigenvalue weighted by atomic mass is 10.1. The Morgan fingerprint density at radius 1 is 0.966 bits per heavy atom. The Morgan fingerprint density at radius 2 is 1.55 bits per heavy atom. The van der Waals surface area contributed by atoms with Crippen LogP contribution in [0.3, 0.4) is 0 Å². The summed E-state index contributed by atoms with van der Waals surface area (Å²) in [5.74, 6) is -2.56. The van der Waals surface area contributed by atoms with Gasteiger partial charge in [-0.2, -0.15) is 13.2 Å². The van der Waals surface area contributed by atoms with Crippen LogP contribution >= 0.6 is 0 Å². The lowest BCUT2D eigenvalue weighted by Crippen LogP contribution is -2.41. The highest BCUT2D eigenvalue weighted by atomic mass is 19.4. The summed E-state index contributed by atoms with van der Waals surface area (Å²) in [5.41, 5.74) is 2.12. The van der Waals surface area contributed by atoms with Crippen LogP contribution < -0.4 is 20.3 Å². The Labute approximate surface area is 163 Å². The molecule has 0 bridgehead atoms. The van der Waals surface area contributed by atoms with Crippen molar-refractivity contribution in [3.63, 3.8) is 0 Å². The molecule has 0 heterocycles. The summed E-state index contributed by atoms with van der Waals surface area (Å²) in [6.45, 7) is 2.38. The fourth-order valence-corrected chi connectivity index (χ4v) is 2.28. The highest BCUT2D eigenvalue weighted by molar-refractivity contribution is 5.99. The Balaban J connectivity index is 2.08. The van der Waals surface area contributed by atoms with Crippen LogP contribution in [0.1, 0.15) is 39.6 Å². The zero-order valence-electron chi connectivity index (χ0n) is 15.5. The highest BCUT2D eigenvalue weighted by Gasteiger charge is 2.34. The number of hydrazine groups is 1. The quantitative estimate of drug-likeness (QED) is 0.558. The maximum atomic E-state index is 13.3. The zero-order valence-corrected chi connectivity index (χ0v) is 15.5. The van der Waals surface area contributed by atoms with Gasteiger partial charge in [0, 0.05) is 11.1 Å². The van der Waals surface area contributed by atoms with Crippen molar-refractivity contribution in [2.75, 3.05) is 13.7 Å². The minimum atomic E-state index is -4.96. The summed E-state index contributed by atoms with van der Waals surface area (Å²) in [4.78, 5) is 24.2. The summed E-state index contributed by atoms with van der Waals surface area (Å²) in [5, 5.41) is 0. The first-order valence-corrected chi connectivity index (χ1v) is 8.45. The van der Waals surface area contributed by atoms with Gasteiger partial charge in [-0.15, -0.1) is 0 Å². The van der Waals surface area contributed by atoms with Gasteiger partial charge in [0.05, 0.1) is 19.3 Å². The minimum absolute atomic E-state index is 0.112. The van der Waals surface area contributed by atoms with Crippen LogP contribution in [0.5, 0.6) is 11.5 Å². The van der Waals surface area contributed by atoms with Crippen LogP contribution in [0, 0.1) is 5.82 Å². The zero-order chi connectivity index (χ0) is 21.6. The molecule has 0 saturated heterocycles. The van der Waals surface area contributed by atoms with Crippen molar-refractivity contribution >= 4 is 11.8 Å². The van der Waals surface area contributed by atoms with Crippen LogP contribution in [0.4, 0.5) is 17.6 Å². The van der Waals surface area contributed by atoms with Gasteiger partial charge in [-0.1, -0.05) is 6.92 Å². The second-order valence-electron chi connectivity index (χ2n) is 5.81. The number of ether oxygens (including phenoxy) is 2. The lowest BCUT2D eigenvalue weighted by Gasteiger charge is -2.13. The lowest BCUT2D eigenvalue weighted by molar-refractivity contribution is -0.140. The van der Waals surface area contributed by atoms with E-state index in [1.165, 1.54) is 25.3 Å². The predicted octanol–water partition coefficient (Wildman–Crippen LogP) is 3.72. The van der Waals surface area contributed by atoms with E-state index in [2.05, 4.69) is 5.43 Å². The van der Waals surface area contributed by atoms with Gasteiger partial charge in [0.15, 0.2) is 11.5 Å². The molecule has 2 aromatic carbocycles. The molecule has 29 heavy (non-hydrogen) atoms. The predicted molar refractivity (Wildman–Crippen MR) is 95.1 cm³/mol. The largest absolute Gasteiger partial charge is 0.493 e. The molecule has 0 unspecified atom stereocenters. The van der Waals surface area contributed by atoms with Gasteiger partial charge < -0.3 is 9.47 Å². The van der Waals surface area contributed by atoms with Gasteiger partial charge in [0.1, 0.15) is 5.82 Å². The smallest absolute Gasteiger partial charge is 0.419 e. The summed E-state index contributed by atoms with van der Waals surface area (Å²) in [7, 11) is 1.39. The molecule has 0 saturated carbocycles. The highest BCUT2D eigenvalue weighted by Crippen LogP contribution is 2.32. The number of halogens is 4. The van der Waals surface area contributed by atoms with Crippen molar-refractivity contribution in [1.29, 1.82) is 0 Å². The fourth-order valence-electron chi connectivity index (χ4n) is 2.28. The topological polar surface area (TPSA) is 76.7 Å². The third-order valence-corrected chi connectivity index (χ3v) is 3.71. The monoisotopic (exact) mass is 414 g/mol. The van der Waals surface area contributed by atoms with Gasteiger partial charge in [-0.3, -0.25) is 20.4 Å². The Kier molecular flexibility index (Phi) is 7.03. The van der Waals surface area contributed by atoms with Crippen molar-refractivity contribution in [2.24, 2.45) is 0 Å². The molecule has 156 valence electrons. The number of hydrogen-bond acceptors (Lipinski definition) is 4. The molecule has 0 aliphatic carbocycles. The van der Waals surface area contributed by atoms with E-state index in [1.54, 1.807) is 0 Å². The second kappa shape index (κ2) is 9.26. The van der Waals surface area contributed by atoms with Crippen molar-refractivity contribution in [3.8, 4) is 11.5 Å². The van der Waals surface area contributed by atoms with E-state index in [4.69, 9.17) is 9.47 Å². The van der Waals surface area contributed by atoms with E-state index in [1.807, 2.05) is 12.3 Å². The van der Waals surface area contributed by atoms with Gasteiger partial charge in [-0.05, 0) is 42.8 Å². The maximum absolute atomic E-state index is 13.3. The number of benzene rings is 2. The number of alkyl halides is 3. The minimum Gasteiger partial charge on any atom is -0.493 e. The van der Waals surface area contributed by atoms with Crippen LogP contribution in [0.15, 0.2) is 36.4 Å². The van der Waals surface area contributed by atoms with E-state index in [9.17, 15) is 27.2 Å². The number of hydrogen-bond donors (Lipinski definition) is 2. The maximum Gasteiger partial charge on any atom is 0.419 e. The summed E-state index contributed by atoms with van der Waals surface area (Å²) in [6.07, 6.45) is -4.18. The summed E-state index contributed by atoms with van der Waals surface area (Å²) >= 11 is 0. The van der Waals surface area contributed by atoms with Crippen LogP contribution in [0.25, 0.3) is 0 Å². The average Bonchev–Trinajstić information content (AvgIpc) is 2.69. The number of methoxy groups -OCH3 is 1. The van der Waals surface area contributed by atoms with Crippen LogP contribution in [0.2, 0.25) is 0 Å². The van der Waals surface area contributed by atoms with Gasteiger partial charge in [0.2, 0.25) is 0 Å². The van der Waals surface area contributed by atoms with Crippen molar-refractivity contribution in [3.05, 3.63) is 58.9 Å². The molecule has 0 atom stereocenters. The normalized spacial score (nSPS) is 11.0. The molecule has 0 aliphatic rings. The molecular weight excluding hydrogens is 396 g/mol. The number of carbonyl (C=O) groups excluding carboxylic acids is 2. The van der Waals surface area contributed by atoms with E-state index >= 15 is 0 Å². The van der Waals surface area contributed by atoms with E-state index in [0.29, 0.717) is 30.2 Å².